The number of imide groups is 1. The van der Waals surface area contributed by atoms with Crippen LogP contribution in [0.2, 0.25) is 0 Å². The molecule has 4 unspecified atom stereocenters. The number of hydrogen-bond donors (Lipinski definition) is 0. The molecular weight excluding hydrogens is 448 g/mol. The van der Waals surface area contributed by atoms with Crippen LogP contribution in [-0.4, -0.2) is 41.0 Å². The number of carbonyl (C=O) groups excluding carboxylic acids is 2. The second-order valence-electron chi connectivity index (χ2n) is 8.45. The molecule has 0 saturated carbocycles. The Balaban J connectivity index is 1.33. The molecule has 4 aliphatic heterocycles. The van der Waals surface area contributed by atoms with E-state index in [1.54, 1.807) is 0 Å². The molecule has 0 N–H and O–H groups in total. The molecule has 4 heterocycles. The highest BCUT2D eigenvalue weighted by Crippen LogP contribution is 2.53. The van der Waals surface area contributed by atoms with Gasteiger partial charge in [0.25, 0.3) is 0 Å². The van der Waals surface area contributed by atoms with Gasteiger partial charge in [0.05, 0.1) is 18.4 Å². The Morgan fingerprint density at radius 2 is 1.73 bits per heavy atom. The molecular formula is C23H21BrN2O4. The topological polar surface area (TPSA) is 59.1 Å². The van der Waals surface area contributed by atoms with Gasteiger partial charge in [0.15, 0.2) is 11.5 Å². The summed E-state index contributed by atoms with van der Waals surface area (Å²) in [6.45, 7) is 1.43. The number of fused-ring (bicyclic) bond motifs is 4. The van der Waals surface area contributed by atoms with Crippen molar-refractivity contribution in [3.8, 4) is 11.5 Å². The molecule has 2 aromatic rings. The highest BCUT2D eigenvalue weighted by molar-refractivity contribution is 9.10. The average molecular weight is 469 g/mol. The molecule has 2 aromatic carbocycles. The molecule has 0 aliphatic carbocycles. The first-order valence-electron chi connectivity index (χ1n) is 10.4. The lowest BCUT2D eigenvalue weighted by Crippen LogP contribution is -2.38. The van der Waals surface area contributed by atoms with Crippen LogP contribution in [-0.2, 0) is 16.1 Å². The van der Waals surface area contributed by atoms with Crippen molar-refractivity contribution < 1.29 is 19.1 Å². The van der Waals surface area contributed by atoms with E-state index in [1.807, 2.05) is 30.3 Å². The smallest absolute Gasteiger partial charge is 0.235 e. The molecule has 2 amide bonds. The molecule has 0 spiro atoms. The summed E-state index contributed by atoms with van der Waals surface area (Å²) in [5.74, 6) is 0.734. The fraction of sp³-hybridized carbons (Fsp3) is 0.391. The molecule has 4 aliphatic rings. The fourth-order valence-corrected chi connectivity index (χ4v) is 5.96. The van der Waals surface area contributed by atoms with E-state index in [0.29, 0.717) is 11.5 Å². The third-order valence-corrected chi connectivity index (χ3v) is 7.46. The van der Waals surface area contributed by atoms with E-state index in [1.165, 1.54) is 4.90 Å². The van der Waals surface area contributed by atoms with Crippen molar-refractivity contribution in [2.24, 2.45) is 11.8 Å². The fourth-order valence-electron chi connectivity index (χ4n) is 5.70. The van der Waals surface area contributed by atoms with Crippen LogP contribution in [0.25, 0.3) is 0 Å². The number of halogens is 1. The van der Waals surface area contributed by atoms with E-state index >= 15 is 0 Å². The van der Waals surface area contributed by atoms with Crippen molar-refractivity contribution in [3.05, 3.63) is 58.1 Å². The average Bonchev–Trinajstić information content (AvgIpc) is 3.49. The van der Waals surface area contributed by atoms with Gasteiger partial charge in [-0.1, -0.05) is 34.1 Å². The Bertz CT molecular complexity index is 1040. The minimum atomic E-state index is -0.307. The standard InChI is InChI=1S/C23H21BrN2O4/c24-15-6-4-14(5-7-15)21-20-19(16-2-1-9-25(16)21)22(27)26(23(20)28)11-13-3-8-17-18(10-13)30-12-29-17/h3-8,10,16,19-21H,1-2,9,11-12H2. The van der Waals surface area contributed by atoms with Crippen LogP contribution in [0.15, 0.2) is 46.9 Å². The van der Waals surface area contributed by atoms with Crippen LogP contribution in [0, 0.1) is 11.8 Å². The molecule has 3 fully saturated rings. The van der Waals surface area contributed by atoms with Crippen molar-refractivity contribution in [1.29, 1.82) is 0 Å². The van der Waals surface area contributed by atoms with Crippen molar-refractivity contribution in [2.75, 3.05) is 13.3 Å². The lowest BCUT2D eigenvalue weighted by molar-refractivity contribution is -0.142. The highest BCUT2D eigenvalue weighted by atomic mass is 79.9. The lowest BCUT2D eigenvalue weighted by Gasteiger charge is -2.29. The van der Waals surface area contributed by atoms with Crippen molar-refractivity contribution in [1.82, 2.24) is 9.80 Å². The van der Waals surface area contributed by atoms with Crippen molar-refractivity contribution >= 4 is 27.7 Å². The monoisotopic (exact) mass is 468 g/mol. The Morgan fingerprint density at radius 1 is 0.967 bits per heavy atom. The number of likely N-dealkylation sites (tertiary alicyclic amines) is 1. The number of carbonyl (C=O) groups is 2. The number of benzene rings is 2. The summed E-state index contributed by atoms with van der Waals surface area (Å²) >= 11 is 3.49. The van der Waals surface area contributed by atoms with Gasteiger partial charge in [0.1, 0.15) is 0 Å². The number of rotatable bonds is 3. The Morgan fingerprint density at radius 3 is 2.57 bits per heavy atom. The summed E-state index contributed by atoms with van der Waals surface area (Å²) in [6.07, 6.45) is 2.05. The Labute approximate surface area is 182 Å². The summed E-state index contributed by atoms with van der Waals surface area (Å²) in [5.41, 5.74) is 1.99. The van der Waals surface area contributed by atoms with Gasteiger partial charge in [-0.25, -0.2) is 0 Å². The second kappa shape index (κ2) is 6.82. The van der Waals surface area contributed by atoms with Gasteiger partial charge in [0.2, 0.25) is 18.6 Å². The van der Waals surface area contributed by atoms with Gasteiger partial charge in [-0.05, 0) is 54.8 Å². The number of hydrogen-bond acceptors (Lipinski definition) is 5. The van der Waals surface area contributed by atoms with Gasteiger partial charge < -0.3 is 9.47 Å². The molecule has 30 heavy (non-hydrogen) atoms. The van der Waals surface area contributed by atoms with Crippen LogP contribution in [0.4, 0.5) is 0 Å². The predicted molar refractivity (Wildman–Crippen MR) is 112 cm³/mol. The summed E-state index contributed by atoms with van der Waals surface area (Å²) in [4.78, 5) is 30.8. The Kier molecular flexibility index (Phi) is 4.18. The summed E-state index contributed by atoms with van der Waals surface area (Å²) < 4.78 is 11.8. The maximum Gasteiger partial charge on any atom is 0.235 e. The minimum Gasteiger partial charge on any atom is -0.454 e. The summed E-state index contributed by atoms with van der Waals surface area (Å²) in [5, 5.41) is 0. The zero-order valence-corrected chi connectivity index (χ0v) is 17.9. The minimum absolute atomic E-state index is 0.0285. The first-order valence-corrected chi connectivity index (χ1v) is 11.2. The predicted octanol–water partition coefficient (Wildman–Crippen LogP) is 3.50. The molecule has 0 aromatic heterocycles. The van der Waals surface area contributed by atoms with Crippen molar-refractivity contribution in [2.45, 2.75) is 31.5 Å². The van der Waals surface area contributed by atoms with E-state index < -0.39 is 0 Å². The highest BCUT2D eigenvalue weighted by Gasteiger charge is 2.62. The zero-order valence-electron chi connectivity index (χ0n) is 16.3. The van der Waals surface area contributed by atoms with E-state index in [2.05, 4.69) is 33.0 Å². The third-order valence-electron chi connectivity index (χ3n) is 6.93. The normalized spacial score (nSPS) is 29.6. The number of amides is 2. The molecule has 6 rings (SSSR count). The summed E-state index contributed by atoms with van der Waals surface area (Å²) in [7, 11) is 0. The van der Waals surface area contributed by atoms with Crippen LogP contribution in [0.3, 0.4) is 0 Å². The van der Waals surface area contributed by atoms with E-state index in [0.717, 1.165) is 35.0 Å². The number of ether oxygens (including phenoxy) is 2. The van der Waals surface area contributed by atoms with Crippen LogP contribution in [0.1, 0.15) is 30.0 Å². The van der Waals surface area contributed by atoms with Gasteiger partial charge in [0, 0.05) is 16.6 Å². The van der Waals surface area contributed by atoms with E-state index in [9.17, 15) is 9.59 Å². The molecule has 0 radical (unpaired) electrons. The third kappa shape index (κ3) is 2.65. The van der Waals surface area contributed by atoms with E-state index in [-0.39, 0.29) is 49.1 Å². The molecule has 154 valence electrons. The van der Waals surface area contributed by atoms with Crippen molar-refractivity contribution in [3.63, 3.8) is 0 Å². The maximum atomic E-state index is 13.5. The first kappa shape index (κ1) is 18.4. The summed E-state index contributed by atoms with van der Waals surface area (Å²) in [6, 6.07) is 13.9. The molecule has 7 heteroatoms. The van der Waals surface area contributed by atoms with Crippen LogP contribution in [0.5, 0.6) is 11.5 Å². The SMILES string of the molecule is O=C1C2C(C(=O)N1Cc1ccc3c(c1)OCO3)C(c1ccc(Br)cc1)N1CCCC21. The largest absolute Gasteiger partial charge is 0.454 e. The zero-order chi connectivity index (χ0) is 20.4. The van der Waals surface area contributed by atoms with E-state index in [4.69, 9.17) is 9.47 Å². The van der Waals surface area contributed by atoms with Crippen LogP contribution < -0.4 is 9.47 Å². The van der Waals surface area contributed by atoms with Crippen LogP contribution >= 0.6 is 15.9 Å². The van der Waals surface area contributed by atoms with Gasteiger partial charge in [-0.15, -0.1) is 0 Å². The first-order chi connectivity index (χ1) is 14.6. The van der Waals surface area contributed by atoms with Gasteiger partial charge in [-0.2, -0.15) is 0 Å². The molecule has 0 bridgehead atoms. The lowest BCUT2D eigenvalue weighted by atomic mass is 9.85. The number of nitrogens with zero attached hydrogens (tertiary/aromatic N) is 2. The Hall–Kier alpha value is -2.38. The maximum absolute atomic E-state index is 13.5. The molecule has 6 nitrogen and oxygen atoms in total. The quantitative estimate of drug-likeness (QED) is 0.645. The van der Waals surface area contributed by atoms with Gasteiger partial charge >= 0.3 is 0 Å². The van der Waals surface area contributed by atoms with Gasteiger partial charge in [-0.3, -0.25) is 19.4 Å². The molecule has 3 saturated heterocycles. The second-order valence-corrected chi connectivity index (χ2v) is 9.36. The molecule has 4 atom stereocenters.